The monoisotopic (exact) mass is 445 g/mol. The molecule has 4 rings (SSSR count). The maximum atomic E-state index is 13.0. The lowest BCUT2D eigenvalue weighted by atomic mass is 9.69. The number of hydrogen-bond donors (Lipinski definition) is 1. The number of hydrogen-bond acceptors (Lipinski definition) is 4. The van der Waals surface area contributed by atoms with Gasteiger partial charge in [-0.3, -0.25) is 9.59 Å². The van der Waals surface area contributed by atoms with E-state index in [1.165, 1.54) is 11.1 Å². The number of amides is 1. The van der Waals surface area contributed by atoms with Crippen molar-refractivity contribution >= 4 is 5.91 Å². The third-order valence-electron chi connectivity index (χ3n) is 7.03. The molecule has 0 spiro atoms. The molecule has 2 aromatic carbocycles. The van der Waals surface area contributed by atoms with Crippen molar-refractivity contribution in [2.45, 2.75) is 58.5 Å². The summed E-state index contributed by atoms with van der Waals surface area (Å²) >= 11 is 0. The third-order valence-corrected chi connectivity index (χ3v) is 7.03. The summed E-state index contributed by atoms with van der Waals surface area (Å²) in [5, 5.41) is 10.5. The van der Waals surface area contributed by atoms with E-state index in [1.54, 1.807) is 16.5 Å². The van der Waals surface area contributed by atoms with Gasteiger partial charge in [-0.2, -0.15) is 4.98 Å². The fraction of sp³-hybridized carbons (Fsp3) is 0.370. The van der Waals surface area contributed by atoms with E-state index in [9.17, 15) is 14.7 Å². The van der Waals surface area contributed by atoms with E-state index in [0.717, 1.165) is 17.5 Å². The van der Waals surface area contributed by atoms with Crippen LogP contribution in [0.15, 0.2) is 53.3 Å². The normalized spacial score (nSPS) is 17.5. The molecule has 2 atom stereocenters. The molecule has 2 heterocycles. The highest BCUT2D eigenvalue weighted by Crippen LogP contribution is 2.40. The highest BCUT2D eigenvalue weighted by Gasteiger charge is 2.38. The van der Waals surface area contributed by atoms with Gasteiger partial charge >= 0.3 is 5.56 Å². The number of aryl methyl sites for hydroxylation is 2. The number of benzene rings is 2. The second-order valence-corrected chi connectivity index (χ2v) is 9.26. The van der Waals surface area contributed by atoms with E-state index in [0.29, 0.717) is 18.8 Å². The Bertz CT molecular complexity index is 1250. The minimum Gasteiger partial charge on any atom is -0.501 e. The number of aromatic nitrogens is 2. The van der Waals surface area contributed by atoms with Crippen LogP contribution in [0.2, 0.25) is 0 Å². The van der Waals surface area contributed by atoms with Gasteiger partial charge in [0.1, 0.15) is 5.82 Å². The summed E-state index contributed by atoms with van der Waals surface area (Å²) in [5.74, 6) is -0.415. The largest absolute Gasteiger partial charge is 0.501 e. The molecule has 1 aliphatic heterocycles. The molecular weight excluding hydrogens is 414 g/mol. The van der Waals surface area contributed by atoms with Gasteiger partial charge in [-0.25, -0.2) is 0 Å². The standard InChI is InChI=1S/C27H31N3O3/c1-6-27(20-10-8-7-9-11-20,21-13-17(2)12-18(3)14-21)15-22-28-25(32)24(31)23-26(33)29(5)19(4)16-30(22)23/h7-14,19,31H,6,15-16H2,1-5H3/t19-,27?/m0/s1. The fourth-order valence-corrected chi connectivity index (χ4v) is 5.07. The minimum atomic E-state index is -0.758. The molecule has 172 valence electrons. The van der Waals surface area contributed by atoms with E-state index in [4.69, 9.17) is 0 Å². The van der Waals surface area contributed by atoms with Crippen LogP contribution in [0, 0.1) is 13.8 Å². The van der Waals surface area contributed by atoms with Crippen LogP contribution in [0.25, 0.3) is 0 Å². The fourth-order valence-electron chi connectivity index (χ4n) is 5.07. The van der Waals surface area contributed by atoms with E-state index >= 15 is 0 Å². The summed E-state index contributed by atoms with van der Waals surface area (Å²) < 4.78 is 1.75. The molecule has 0 saturated heterocycles. The highest BCUT2D eigenvalue weighted by molar-refractivity contribution is 5.95. The zero-order valence-corrected chi connectivity index (χ0v) is 19.9. The predicted octanol–water partition coefficient (Wildman–Crippen LogP) is 3.98. The van der Waals surface area contributed by atoms with Gasteiger partial charge in [0.05, 0.1) is 0 Å². The number of carbonyl (C=O) groups is 1. The lowest BCUT2D eigenvalue weighted by Gasteiger charge is -2.38. The van der Waals surface area contributed by atoms with Gasteiger partial charge < -0.3 is 14.6 Å². The van der Waals surface area contributed by atoms with Crippen molar-refractivity contribution in [2.24, 2.45) is 0 Å². The van der Waals surface area contributed by atoms with Crippen molar-refractivity contribution in [1.29, 1.82) is 0 Å². The van der Waals surface area contributed by atoms with Gasteiger partial charge in [-0.15, -0.1) is 0 Å². The number of nitrogens with zero attached hydrogens (tertiary/aromatic N) is 3. The molecule has 6 heteroatoms. The Hall–Kier alpha value is -3.41. The van der Waals surface area contributed by atoms with E-state index < -0.39 is 16.7 Å². The van der Waals surface area contributed by atoms with Crippen molar-refractivity contribution in [2.75, 3.05) is 7.05 Å². The Balaban J connectivity index is 1.98. The minimum absolute atomic E-state index is 0.0316. The van der Waals surface area contributed by atoms with E-state index in [-0.39, 0.29) is 17.6 Å². The molecule has 0 saturated carbocycles. The molecule has 1 aromatic heterocycles. The summed E-state index contributed by atoms with van der Waals surface area (Å²) in [4.78, 5) is 31.5. The van der Waals surface area contributed by atoms with Crippen LogP contribution in [-0.4, -0.2) is 38.6 Å². The first kappa shape index (κ1) is 22.8. The predicted molar refractivity (Wildman–Crippen MR) is 129 cm³/mol. The van der Waals surface area contributed by atoms with Gasteiger partial charge in [0.2, 0.25) is 5.75 Å². The van der Waals surface area contributed by atoms with Crippen molar-refractivity contribution in [3.63, 3.8) is 0 Å². The first-order valence-electron chi connectivity index (χ1n) is 11.4. The molecule has 0 aliphatic carbocycles. The molecule has 1 amide bonds. The van der Waals surface area contributed by atoms with Crippen LogP contribution >= 0.6 is 0 Å². The van der Waals surface area contributed by atoms with Gasteiger partial charge in [0.25, 0.3) is 5.91 Å². The Morgan fingerprint density at radius 1 is 1.06 bits per heavy atom. The first-order chi connectivity index (χ1) is 15.7. The molecule has 1 N–H and O–H groups in total. The van der Waals surface area contributed by atoms with Crippen LogP contribution in [0.1, 0.15) is 58.8 Å². The van der Waals surface area contributed by atoms with Crippen LogP contribution in [0.3, 0.4) is 0 Å². The number of carbonyl (C=O) groups excluding carboxylic acids is 1. The zero-order chi connectivity index (χ0) is 23.9. The highest BCUT2D eigenvalue weighted by atomic mass is 16.3. The molecule has 0 radical (unpaired) electrons. The van der Waals surface area contributed by atoms with E-state index in [1.807, 2.05) is 25.1 Å². The van der Waals surface area contributed by atoms with Gasteiger partial charge in [-0.05, 0) is 38.3 Å². The molecule has 3 aromatic rings. The molecular formula is C27H31N3O3. The number of fused-ring (bicyclic) bond motifs is 1. The van der Waals surface area contributed by atoms with Crippen molar-refractivity contribution in [3.05, 3.63) is 92.7 Å². The first-order valence-corrected chi connectivity index (χ1v) is 11.4. The Labute approximate surface area is 194 Å². The third kappa shape index (κ3) is 3.84. The Morgan fingerprint density at radius 3 is 2.30 bits per heavy atom. The second-order valence-electron chi connectivity index (χ2n) is 9.26. The van der Waals surface area contributed by atoms with Crippen molar-refractivity contribution < 1.29 is 9.90 Å². The number of likely N-dealkylation sites (N-methyl/N-ethyl adjacent to an activating group) is 1. The second kappa shape index (κ2) is 8.50. The smallest absolute Gasteiger partial charge is 0.315 e. The molecule has 0 fully saturated rings. The molecule has 1 unspecified atom stereocenters. The van der Waals surface area contributed by atoms with E-state index in [2.05, 4.69) is 56.1 Å². The number of aromatic hydroxyl groups is 1. The molecule has 33 heavy (non-hydrogen) atoms. The quantitative estimate of drug-likeness (QED) is 0.645. The van der Waals surface area contributed by atoms with Gasteiger partial charge in [0.15, 0.2) is 5.69 Å². The average molecular weight is 446 g/mol. The van der Waals surface area contributed by atoms with Gasteiger partial charge in [0, 0.05) is 31.5 Å². The summed E-state index contributed by atoms with van der Waals surface area (Å²) in [6, 6.07) is 16.7. The average Bonchev–Trinajstić information content (AvgIpc) is 2.79. The lowest BCUT2D eigenvalue weighted by Crippen LogP contribution is -2.47. The summed E-state index contributed by atoms with van der Waals surface area (Å²) in [5.41, 5.74) is 3.43. The zero-order valence-electron chi connectivity index (χ0n) is 19.9. The maximum absolute atomic E-state index is 13.0. The lowest BCUT2D eigenvalue weighted by molar-refractivity contribution is 0.0661. The van der Waals surface area contributed by atoms with Crippen molar-refractivity contribution in [1.82, 2.24) is 14.5 Å². The maximum Gasteiger partial charge on any atom is 0.315 e. The Kier molecular flexibility index (Phi) is 5.87. The summed E-state index contributed by atoms with van der Waals surface area (Å²) in [6.07, 6.45) is 1.21. The summed E-state index contributed by atoms with van der Waals surface area (Å²) in [7, 11) is 1.69. The SMILES string of the molecule is CCC(Cc1nc(=O)c(O)c2n1C[C@H](C)N(C)C2=O)(c1ccccc1)c1cc(C)cc(C)c1. The van der Waals surface area contributed by atoms with Crippen LogP contribution in [-0.2, 0) is 18.4 Å². The molecule has 0 bridgehead atoms. The van der Waals surface area contributed by atoms with Crippen LogP contribution < -0.4 is 5.56 Å². The topological polar surface area (TPSA) is 75.4 Å². The van der Waals surface area contributed by atoms with Crippen LogP contribution in [0.5, 0.6) is 5.75 Å². The van der Waals surface area contributed by atoms with Gasteiger partial charge in [-0.1, -0.05) is 66.6 Å². The molecule has 1 aliphatic rings. The Morgan fingerprint density at radius 2 is 1.70 bits per heavy atom. The van der Waals surface area contributed by atoms with Crippen molar-refractivity contribution in [3.8, 4) is 5.75 Å². The number of rotatable bonds is 5. The van der Waals surface area contributed by atoms with Crippen LogP contribution in [0.4, 0.5) is 0 Å². The summed E-state index contributed by atoms with van der Waals surface area (Å²) in [6.45, 7) is 8.73. The molecule has 6 nitrogen and oxygen atoms in total.